The maximum absolute atomic E-state index is 11.3. The molecule has 0 unspecified atom stereocenters. The smallest absolute Gasteiger partial charge is 0.147 e. The number of unbranched alkanes of at least 4 members (excludes halogenated alkanes) is 1. The fraction of sp³-hybridized carbons (Fsp3) is 0.667. The average molecular weight is 340 g/mol. The van der Waals surface area contributed by atoms with E-state index in [1.165, 1.54) is 37.5 Å². The molecule has 0 aliphatic carbocycles. The number of likely N-dealkylation sites (tertiary alicyclic amines) is 1. The van der Waals surface area contributed by atoms with Gasteiger partial charge in [-0.15, -0.1) is 0 Å². The molecule has 1 saturated heterocycles. The Kier molecular flexibility index (Phi) is 6.90. The Morgan fingerprint density at radius 1 is 1.13 bits per heavy atom. The Balaban J connectivity index is 1.98. The summed E-state index contributed by atoms with van der Waals surface area (Å²) < 4.78 is 27.8. The molecule has 23 heavy (non-hydrogen) atoms. The van der Waals surface area contributed by atoms with Crippen LogP contribution >= 0.6 is 0 Å². The predicted octanol–water partition coefficient (Wildman–Crippen LogP) is 3.44. The quantitative estimate of drug-likeness (QED) is 0.714. The van der Waals surface area contributed by atoms with Crippen LogP contribution in [0.25, 0.3) is 0 Å². The van der Waals surface area contributed by atoms with Gasteiger partial charge in [0.2, 0.25) is 0 Å². The van der Waals surface area contributed by atoms with Gasteiger partial charge in [0, 0.05) is 18.1 Å². The van der Waals surface area contributed by atoms with Gasteiger partial charge < -0.3 is 4.74 Å². The van der Waals surface area contributed by atoms with Crippen LogP contribution in [0.15, 0.2) is 24.3 Å². The van der Waals surface area contributed by atoms with Crippen LogP contribution in [0.4, 0.5) is 0 Å². The largest absolute Gasteiger partial charge is 0.497 e. The zero-order chi connectivity index (χ0) is 16.7. The van der Waals surface area contributed by atoms with Crippen molar-refractivity contribution in [2.24, 2.45) is 0 Å². The van der Waals surface area contributed by atoms with Crippen molar-refractivity contribution in [3.8, 4) is 5.75 Å². The number of hydrogen-bond acceptors (Lipinski definition) is 4. The van der Waals surface area contributed by atoms with Crippen molar-refractivity contribution in [1.82, 2.24) is 4.90 Å². The zero-order valence-electron chi connectivity index (χ0n) is 14.3. The van der Waals surface area contributed by atoms with E-state index < -0.39 is 9.84 Å². The Labute approximate surface area is 140 Å². The van der Waals surface area contributed by atoms with E-state index in [-0.39, 0.29) is 0 Å². The lowest BCUT2D eigenvalue weighted by Crippen LogP contribution is -2.30. The first-order valence-electron chi connectivity index (χ1n) is 8.55. The highest BCUT2D eigenvalue weighted by atomic mass is 32.2. The zero-order valence-corrected chi connectivity index (χ0v) is 15.1. The van der Waals surface area contributed by atoms with Gasteiger partial charge in [-0.25, -0.2) is 8.42 Å². The normalized spacial score (nSPS) is 20.2. The molecule has 1 heterocycles. The van der Waals surface area contributed by atoms with E-state index in [1.54, 1.807) is 7.11 Å². The number of hydrogen-bond donors (Lipinski definition) is 0. The summed E-state index contributed by atoms with van der Waals surface area (Å²) in [5, 5.41) is 0. The average Bonchev–Trinajstić information content (AvgIpc) is 2.76. The van der Waals surface area contributed by atoms with E-state index in [1.807, 2.05) is 12.1 Å². The summed E-state index contributed by atoms with van der Waals surface area (Å²) in [5.74, 6) is 1.19. The third-order valence-electron chi connectivity index (χ3n) is 4.57. The third-order valence-corrected chi connectivity index (χ3v) is 5.60. The molecule has 1 atom stereocenters. The molecule has 2 rings (SSSR count). The first-order chi connectivity index (χ1) is 11.0. The van der Waals surface area contributed by atoms with Gasteiger partial charge in [0.1, 0.15) is 15.6 Å². The molecule has 5 heteroatoms. The second-order valence-corrected chi connectivity index (χ2v) is 8.77. The molecular weight excluding hydrogens is 310 g/mol. The van der Waals surface area contributed by atoms with Crippen LogP contribution in [-0.4, -0.2) is 45.5 Å². The summed E-state index contributed by atoms with van der Waals surface area (Å²) >= 11 is 0. The molecule has 0 spiro atoms. The topological polar surface area (TPSA) is 46.6 Å². The maximum atomic E-state index is 11.3. The molecule has 1 aliphatic heterocycles. The fourth-order valence-corrected chi connectivity index (χ4v) is 4.05. The highest BCUT2D eigenvalue weighted by Gasteiger charge is 2.22. The van der Waals surface area contributed by atoms with Crippen LogP contribution in [0, 0.1) is 0 Å². The number of methoxy groups -OCH3 is 1. The van der Waals surface area contributed by atoms with Crippen LogP contribution in [0.5, 0.6) is 5.75 Å². The van der Waals surface area contributed by atoms with Crippen molar-refractivity contribution in [1.29, 1.82) is 0 Å². The van der Waals surface area contributed by atoms with Crippen molar-refractivity contribution in [2.75, 3.05) is 32.2 Å². The number of rotatable bonds is 7. The molecule has 0 saturated carbocycles. The summed E-state index contributed by atoms with van der Waals surface area (Å²) in [5.41, 5.74) is 1.34. The summed E-state index contributed by atoms with van der Waals surface area (Å²) in [6, 6.07) is 8.84. The first kappa shape index (κ1) is 18.3. The Morgan fingerprint density at radius 3 is 2.52 bits per heavy atom. The second kappa shape index (κ2) is 8.69. The molecule has 4 nitrogen and oxygen atoms in total. The summed E-state index contributed by atoms with van der Waals surface area (Å²) in [6.45, 7) is 2.09. The SMILES string of the molecule is COc1ccc([C@@H]2CCCCCN2CCCCS(C)(=O)=O)cc1. The maximum Gasteiger partial charge on any atom is 0.147 e. The number of nitrogens with zero attached hydrogens (tertiary/aromatic N) is 1. The molecule has 1 aromatic rings. The van der Waals surface area contributed by atoms with E-state index in [0.29, 0.717) is 11.8 Å². The summed E-state index contributed by atoms with van der Waals surface area (Å²) in [4.78, 5) is 2.54. The van der Waals surface area contributed by atoms with E-state index in [0.717, 1.165) is 31.7 Å². The van der Waals surface area contributed by atoms with E-state index in [4.69, 9.17) is 4.74 Å². The summed E-state index contributed by atoms with van der Waals surface area (Å²) in [7, 11) is -1.15. The minimum atomic E-state index is -2.84. The Hall–Kier alpha value is -1.07. The van der Waals surface area contributed by atoms with Crippen LogP contribution < -0.4 is 4.74 Å². The molecule has 0 radical (unpaired) electrons. The van der Waals surface area contributed by atoms with Gasteiger partial charge in [-0.05, 0) is 56.5 Å². The van der Waals surface area contributed by atoms with E-state index in [9.17, 15) is 8.42 Å². The highest BCUT2D eigenvalue weighted by Crippen LogP contribution is 2.31. The van der Waals surface area contributed by atoms with E-state index in [2.05, 4.69) is 17.0 Å². The van der Waals surface area contributed by atoms with Gasteiger partial charge in [-0.1, -0.05) is 25.0 Å². The van der Waals surface area contributed by atoms with Crippen molar-refractivity contribution < 1.29 is 13.2 Å². The lowest BCUT2D eigenvalue weighted by molar-refractivity contribution is 0.198. The number of sulfone groups is 1. The van der Waals surface area contributed by atoms with E-state index >= 15 is 0 Å². The molecule has 0 bridgehead atoms. The van der Waals surface area contributed by atoms with Crippen molar-refractivity contribution >= 4 is 9.84 Å². The van der Waals surface area contributed by atoms with Crippen LogP contribution in [0.2, 0.25) is 0 Å². The van der Waals surface area contributed by atoms with Gasteiger partial charge in [0.05, 0.1) is 7.11 Å². The van der Waals surface area contributed by atoms with Crippen LogP contribution in [-0.2, 0) is 9.84 Å². The highest BCUT2D eigenvalue weighted by molar-refractivity contribution is 7.90. The first-order valence-corrected chi connectivity index (χ1v) is 10.6. The van der Waals surface area contributed by atoms with Crippen molar-refractivity contribution in [3.63, 3.8) is 0 Å². The minimum Gasteiger partial charge on any atom is -0.497 e. The molecular formula is C18H29NO3S. The van der Waals surface area contributed by atoms with Crippen molar-refractivity contribution in [2.45, 2.75) is 44.6 Å². The second-order valence-electron chi connectivity index (χ2n) is 6.51. The predicted molar refractivity (Wildman–Crippen MR) is 94.7 cm³/mol. The fourth-order valence-electron chi connectivity index (χ4n) is 3.32. The Morgan fingerprint density at radius 2 is 1.87 bits per heavy atom. The molecule has 0 amide bonds. The van der Waals surface area contributed by atoms with Gasteiger partial charge in [0.25, 0.3) is 0 Å². The minimum absolute atomic E-state index is 0.300. The monoisotopic (exact) mass is 339 g/mol. The standard InChI is InChI=1S/C18H29NO3S/c1-22-17-11-9-16(10-12-17)18-8-4-3-5-13-19(18)14-6-7-15-23(2,20)21/h9-12,18H,3-8,13-15H2,1-2H3/t18-/m0/s1. The van der Waals surface area contributed by atoms with Gasteiger partial charge in [0.15, 0.2) is 0 Å². The molecule has 1 fully saturated rings. The van der Waals surface area contributed by atoms with Crippen LogP contribution in [0.3, 0.4) is 0 Å². The molecule has 1 aliphatic rings. The van der Waals surface area contributed by atoms with Crippen molar-refractivity contribution in [3.05, 3.63) is 29.8 Å². The molecule has 1 aromatic carbocycles. The molecule has 0 aromatic heterocycles. The lowest BCUT2D eigenvalue weighted by Gasteiger charge is -2.30. The third kappa shape index (κ3) is 6.15. The Bertz CT molecular complexity index is 568. The lowest BCUT2D eigenvalue weighted by atomic mass is 10.0. The van der Waals surface area contributed by atoms with Gasteiger partial charge >= 0.3 is 0 Å². The summed E-state index contributed by atoms with van der Waals surface area (Å²) in [6.07, 6.45) is 7.98. The molecule has 130 valence electrons. The number of ether oxygens (including phenoxy) is 1. The number of benzene rings is 1. The van der Waals surface area contributed by atoms with Gasteiger partial charge in [-0.3, -0.25) is 4.90 Å². The molecule has 0 N–H and O–H groups in total. The van der Waals surface area contributed by atoms with Crippen LogP contribution in [0.1, 0.15) is 50.1 Å². The van der Waals surface area contributed by atoms with Gasteiger partial charge in [-0.2, -0.15) is 0 Å².